The van der Waals surface area contributed by atoms with E-state index < -0.39 is 4.92 Å². The monoisotopic (exact) mass is 338 g/mol. The Morgan fingerprint density at radius 2 is 2.14 bits per heavy atom. The van der Waals surface area contributed by atoms with E-state index in [4.69, 9.17) is 11.6 Å². The summed E-state index contributed by atoms with van der Waals surface area (Å²) >= 11 is 6.83. The van der Waals surface area contributed by atoms with Crippen molar-refractivity contribution in [2.75, 3.05) is 5.88 Å². The van der Waals surface area contributed by atoms with Crippen LogP contribution >= 0.6 is 22.9 Å². The van der Waals surface area contributed by atoms with Crippen LogP contribution in [0.25, 0.3) is 0 Å². The number of alkyl halides is 1. The van der Waals surface area contributed by atoms with Gasteiger partial charge in [-0.3, -0.25) is 19.5 Å². The van der Waals surface area contributed by atoms with Crippen molar-refractivity contribution < 1.29 is 9.72 Å². The van der Waals surface area contributed by atoms with Gasteiger partial charge in [0.1, 0.15) is 5.88 Å². The second-order valence-corrected chi connectivity index (χ2v) is 5.32. The molecule has 0 saturated carbocycles. The highest BCUT2D eigenvalue weighted by Gasteiger charge is 2.08. The highest BCUT2D eigenvalue weighted by atomic mass is 35.5. The molecule has 0 saturated heterocycles. The molecule has 0 bridgehead atoms. The van der Waals surface area contributed by atoms with Gasteiger partial charge in [0.2, 0.25) is 10.7 Å². The van der Waals surface area contributed by atoms with Gasteiger partial charge in [-0.1, -0.05) is 0 Å². The van der Waals surface area contributed by atoms with Crippen molar-refractivity contribution in [3.63, 3.8) is 0 Å². The Labute approximate surface area is 134 Å². The molecule has 0 fully saturated rings. The summed E-state index contributed by atoms with van der Waals surface area (Å²) in [5.74, 6) is -0.415. The molecule has 0 N–H and O–H groups in total. The second-order valence-electron chi connectivity index (χ2n) is 4.22. The van der Waals surface area contributed by atoms with Crippen LogP contribution in [0.3, 0.4) is 0 Å². The van der Waals surface area contributed by atoms with E-state index in [1.165, 1.54) is 34.3 Å². The summed E-state index contributed by atoms with van der Waals surface area (Å²) in [6.07, 6.45) is 1.45. The number of thiazole rings is 1. The molecule has 1 aromatic carbocycles. The maximum Gasteiger partial charge on any atom is 0.269 e. The zero-order valence-electron chi connectivity index (χ0n) is 11.5. The van der Waals surface area contributed by atoms with Gasteiger partial charge in [0.15, 0.2) is 0 Å². The Morgan fingerprint density at radius 3 is 2.73 bits per heavy atom. The largest absolute Gasteiger partial charge is 0.273 e. The fraction of sp³-hybridized carbons (Fsp3) is 0.154. The summed E-state index contributed by atoms with van der Waals surface area (Å²) in [6, 6.07) is 5.89. The minimum absolute atomic E-state index is 0.00789. The average Bonchev–Trinajstić information content (AvgIpc) is 2.88. The Morgan fingerprint density at radius 1 is 1.45 bits per heavy atom. The van der Waals surface area contributed by atoms with Crippen LogP contribution in [0, 0.1) is 17.0 Å². The summed E-state index contributed by atoms with van der Waals surface area (Å²) in [7, 11) is 0. The van der Waals surface area contributed by atoms with Crippen LogP contribution in [0.2, 0.25) is 0 Å². The van der Waals surface area contributed by atoms with Crippen LogP contribution in [-0.4, -0.2) is 27.5 Å². The summed E-state index contributed by atoms with van der Waals surface area (Å²) in [4.78, 5) is 22.2. The number of aromatic nitrogens is 1. The number of aryl methyl sites for hydroxylation is 1. The first-order valence-corrected chi connectivity index (χ1v) is 7.52. The maximum atomic E-state index is 11.7. The number of rotatable bonds is 4. The van der Waals surface area contributed by atoms with Gasteiger partial charge < -0.3 is 0 Å². The fourth-order valence-electron chi connectivity index (χ4n) is 1.65. The molecule has 2 rings (SSSR count). The van der Waals surface area contributed by atoms with Gasteiger partial charge in [-0.25, -0.2) is 0 Å². The zero-order chi connectivity index (χ0) is 16.1. The lowest BCUT2D eigenvalue weighted by molar-refractivity contribution is -0.384. The topological polar surface area (TPSA) is 89.9 Å². The van der Waals surface area contributed by atoms with Crippen molar-refractivity contribution in [2.24, 2.45) is 10.2 Å². The predicted octanol–water partition coefficient (Wildman–Crippen LogP) is 2.58. The van der Waals surface area contributed by atoms with Gasteiger partial charge in [-0.2, -0.15) is 5.10 Å². The third-order valence-corrected chi connectivity index (χ3v) is 3.86. The van der Waals surface area contributed by atoms with Crippen molar-refractivity contribution in [3.8, 4) is 0 Å². The van der Waals surface area contributed by atoms with Crippen LogP contribution in [0.5, 0.6) is 0 Å². The lowest BCUT2D eigenvalue weighted by Gasteiger charge is -1.99. The van der Waals surface area contributed by atoms with E-state index >= 15 is 0 Å². The molecular formula is C13H11ClN4O3S. The molecule has 9 heteroatoms. The van der Waals surface area contributed by atoms with Crippen molar-refractivity contribution in [3.05, 3.63) is 55.8 Å². The van der Waals surface area contributed by atoms with Crippen molar-refractivity contribution >= 4 is 40.7 Å². The predicted molar refractivity (Wildman–Crippen MR) is 84.6 cm³/mol. The van der Waals surface area contributed by atoms with Crippen molar-refractivity contribution in [1.82, 2.24) is 4.57 Å². The number of nitro benzene ring substituents is 1. The molecule has 0 atom stereocenters. The molecule has 0 aliphatic heterocycles. The number of nitro groups is 1. The molecule has 0 amide bonds. The SMILES string of the molecule is Cc1cs/c(=N\N=C/c2ccc([N+](=O)[O-])cc2)n1C(=O)CCl. The van der Waals surface area contributed by atoms with E-state index in [1.54, 1.807) is 24.4 Å². The molecule has 0 radical (unpaired) electrons. The van der Waals surface area contributed by atoms with Gasteiger partial charge in [-0.15, -0.1) is 28.0 Å². The number of carbonyl (C=O) groups is 1. The Bertz CT molecular complexity index is 792. The molecule has 114 valence electrons. The van der Waals surface area contributed by atoms with E-state index in [1.807, 2.05) is 0 Å². The number of halogens is 1. The highest BCUT2D eigenvalue weighted by molar-refractivity contribution is 7.07. The van der Waals surface area contributed by atoms with Crippen molar-refractivity contribution in [2.45, 2.75) is 6.92 Å². The Kier molecular flexibility index (Phi) is 5.18. The lowest BCUT2D eigenvalue weighted by atomic mass is 10.2. The number of hydrogen-bond donors (Lipinski definition) is 0. The summed E-state index contributed by atoms with van der Waals surface area (Å²) in [5.41, 5.74) is 1.41. The molecule has 0 aliphatic carbocycles. The van der Waals surface area contributed by atoms with Gasteiger partial charge in [0.25, 0.3) is 5.69 Å². The average molecular weight is 339 g/mol. The highest BCUT2D eigenvalue weighted by Crippen LogP contribution is 2.10. The summed E-state index contributed by atoms with van der Waals surface area (Å²) in [5, 5.41) is 20.2. The lowest BCUT2D eigenvalue weighted by Crippen LogP contribution is -2.24. The smallest absolute Gasteiger partial charge is 0.269 e. The maximum absolute atomic E-state index is 11.7. The number of hydrogen-bond acceptors (Lipinski definition) is 6. The standard InChI is InChI=1S/C13H11ClN4O3S/c1-9-8-22-13(17(9)12(19)6-14)16-15-7-10-2-4-11(5-3-10)18(20)21/h2-5,7-8H,6H2,1H3/b15-7-,16-13-. The molecule has 0 unspecified atom stereocenters. The third kappa shape index (κ3) is 3.66. The first kappa shape index (κ1) is 16.1. The number of non-ortho nitro benzene ring substituents is 1. The van der Waals surface area contributed by atoms with Gasteiger partial charge in [-0.05, 0) is 24.6 Å². The number of carbonyl (C=O) groups excluding carboxylic acids is 1. The minimum atomic E-state index is -0.472. The normalized spacial score (nSPS) is 12.0. The first-order valence-electron chi connectivity index (χ1n) is 6.10. The van der Waals surface area contributed by atoms with Gasteiger partial charge in [0.05, 0.1) is 11.1 Å². The Hall–Kier alpha value is -2.32. The van der Waals surface area contributed by atoms with E-state index in [0.717, 1.165) is 5.69 Å². The fourth-order valence-corrected chi connectivity index (χ4v) is 2.60. The van der Waals surface area contributed by atoms with E-state index in [0.29, 0.717) is 10.4 Å². The number of nitrogens with zero attached hydrogens (tertiary/aromatic N) is 4. The first-order chi connectivity index (χ1) is 10.5. The Balaban J connectivity index is 2.24. The summed E-state index contributed by atoms with van der Waals surface area (Å²) in [6.45, 7) is 1.78. The molecule has 0 aliphatic rings. The van der Waals surface area contributed by atoms with Crippen LogP contribution in [-0.2, 0) is 0 Å². The van der Waals surface area contributed by atoms with E-state index in [2.05, 4.69) is 10.2 Å². The molecular weight excluding hydrogens is 328 g/mol. The van der Waals surface area contributed by atoms with Crippen LogP contribution in [0.4, 0.5) is 5.69 Å². The van der Waals surface area contributed by atoms with Gasteiger partial charge in [0, 0.05) is 23.2 Å². The van der Waals surface area contributed by atoms with E-state index in [9.17, 15) is 14.9 Å². The van der Waals surface area contributed by atoms with Crippen LogP contribution < -0.4 is 4.80 Å². The van der Waals surface area contributed by atoms with Crippen LogP contribution in [0.1, 0.15) is 16.1 Å². The number of benzene rings is 1. The van der Waals surface area contributed by atoms with E-state index in [-0.39, 0.29) is 17.5 Å². The van der Waals surface area contributed by atoms with Crippen LogP contribution in [0.15, 0.2) is 39.8 Å². The third-order valence-electron chi connectivity index (χ3n) is 2.70. The minimum Gasteiger partial charge on any atom is -0.273 e. The molecule has 2 aromatic rings. The zero-order valence-corrected chi connectivity index (χ0v) is 13.0. The van der Waals surface area contributed by atoms with Crippen molar-refractivity contribution in [1.29, 1.82) is 0 Å². The van der Waals surface area contributed by atoms with Gasteiger partial charge >= 0.3 is 0 Å². The molecule has 1 heterocycles. The second kappa shape index (κ2) is 7.10. The quantitative estimate of drug-likeness (QED) is 0.371. The molecule has 1 aromatic heterocycles. The molecule has 22 heavy (non-hydrogen) atoms. The molecule has 7 nitrogen and oxygen atoms in total. The summed E-state index contributed by atoms with van der Waals surface area (Å²) < 4.78 is 1.39. The molecule has 0 spiro atoms.